The van der Waals surface area contributed by atoms with Crippen LogP contribution in [-0.4, -0.2) is 53.4 Å². The van der Waals surface area contributed by atoms with Gasteiger partial charge in [-0.05, 0) is 99.3 Å². The maximum absolute atomic E-state index is 14.4. The van der Waals surface area contributed by atoms with E-state index in [9.17, 15) is 24.0 Å². The molecule has 0 aliphatic carbocycles. The number of hydrogen-bond donors (Lipinski definition) is 3. The van der Waals surface area contributed by atoms with Gasteiger partial charge in [0.2, 0.25) is 5.91 Å². The van der Waals surface area contributed by atoms with E-state index in [1.54, 1.807) is 87.2 Å². The van der Waals surface area contributed by atoms with Crippen LogP contribution in [0.2, 0.25) is 0 Å². The maximum atomic E-state index is 14.4. The molecule has 0 fully saturated rings. The lowest BCUT2D eigenvalue weighted by Gasteiger charge is -2.30. The fourth-order valence-electron chi connectivity index (χ4n) is 6.16. The number of hydrogen-bond acceptors (Lipinski definition) is 9. The number of esters is 1. The lowest BCUT2D eigenvalue weighted by atomic mass is 10.0. The highest BCUT2D eigenvalue weighted by Gasteiger charge is 2.34. The molecule has 304 valence electrons. The molecule has 1 aromatic heterocycles. The van der Waals surface area contributed by atoms with Crippen LogP contribution in [0.25, 0.3) is 6.08 Å². The largest absolute Gasteiger partial charge is 0.462 e. The van der Waals surface area contributed by atoms with Crippen molar-refractivity contribution in [1.82, 2.24) is 10.2 Å². The van der Waals surface area contributed by atoms with Crippen molar-refractivity contribution in [2.24, 2.45) is 0 Å². The van der Waals surface area contributed by atoms with E-state index in [0.717, 1.165) is 14.9 Å². The molecular weight excluding hydrogens is 853 g/mol. The summed E-state index contributed by atoms with van der Waals surface area (Å²) in [5, 5.41) is 8.26. The predicted octanol–water partition coefficient (Wildman–Crippen LogP) is 9.86. The van der Waals surface area contributed by atoms with E-state index < -0.39 is 34.7 Å². The Morgan fingerprint density at radius 2 is 1.61 bits per heavy atom. The first-order chi connectivity index (χ1) is 28.3. The van der Waals surface area contributed by atoms with Gasteiger partial charge >= 0.3 is 12.1 Å². The maximum Gasteiger partial charge on any atom is 0.410 e. The third kappa shape index (κ3) is 11.5. The van der Waals surface area contributed by atoms with Gasteiger partial charge in [-0.15, -0.1) is 23.1 Å². The second kappa shape index (κ2) is 19.4. The molecule has 0 spiro atoms. The highest BCUT2D eigenvalue weighted by atomic mass is 79.9. The Morgan fingerprint density at radius 1 is 0.898 bits per heavy atom. The number of amides is 4. The van der Waals surface area contributed by atoms with Crippen LogP contribution < -0.4 is 16.0 Å². The Balaban J connectivity index is 1.25. The molecule has 1 atom stereocenters. The smallest absolute Gasteiger partial charge is 0.410 e. The van der Waals surface area contributed by atoms with Crippen LogP contribution in [0.1, 0.15) is 75.2 Å². The lowest BCUT2D eigenvalue weighted by Crippen LogP contribution is -2.39. The van der Waals surface area contributed by atoms with Gasteiger partial charge in [0.1, 0.15) is 21.5 Å². The monoisotopic (exact) mass is 894 g/mol. The van der Waals surface area contributed by atoms with E-state index in [2.05, 4.69) is 31.9 Å². The zero-order chi connectivity index (χ0) is 42.1. The van der Waals surface area contributed by atoms with Gasteiger partial charge in [0.05, 0.1) is 18.7 Å². The molecule has 59 heavy (non-hydrogen) atoms. The van der Waals surface area contributed by atoms with Gasteiger partial charge in [0.15, 0.2) is 0 Å². The van der Waals surface area contributed by atoms with Crippen molar-refractivity contribution in [3.8, 4) is 0 Å². The summed E-state index contributed by atoms with van der Waals surface area (Å²) in [5.41, 5.74) is 2.62. The topological polar surface area (TPSA) is 143 Å². The van der Waals surface area contributed by atoms with Gasteiger partial charge in [0, 0.05) is 32.0 Å². The van der Waals surface area contributed by atoms with Crippen LogP contribution in [0.3, 0.4) is 0 Å². The number of carbonyl (C=O) groups excluding carboxylic acids is 5. The molecule has 0 bridgehead atoms. The Kier molecular flexibility index (Phi) is 14.1. The van der Waals surface area contributed by atoms with Crippen LogP contribution >= 0.6 is 39.0 Å². The number of nitrogens with one attached hydrogen (secondary N) is 3. The fourth-order valence-corrected chi connectivity index (χ4v) is 8.91. The average Bonchev–Trinajstić information content (AvgIpc) is 3.57. The van der Waals surface area contributed by atoms with Gasteiger partial charge in [-0.25, -0.2) is 9.59 Å². The van der Waals surface area contributed by atoms with Crippen LogP contribution in [0.15, 0.2) is 124 Å². The van der Waals surface area contributed by atoms with E-state index in [4.69, 9.17) is 9.47 Å². The number of carbonyl (C=O) groups is 5. The molecule has 4 aromatic carbocycles. The van der Waals surface area contributed by atoms with E-state index in [1.165, 1.54) is 23.1 Å². The Morgan fingerprint density at radius 3 is 2.31 bits per heavy atom. The second-order valence-corrected chi connectivity index (χ2v) is 17.6. The fraction of sp³-hybridized carbons (Fsp3) is 0.222. The van der Waals surface area contributed by atoms with Crippen molar-refractivity contribution in [1.29, 1.82) is 0 Å². The zero-order valence-corrected chi connectivity index (χ0v) is 36.1. The van der Waals surface area contributed by atoms with Crippen molar-refractivity contribution in [3.05, 3.63) is 152 Å². The second-order valence-electron chi connectivity index (χ2n) is 14.4. The third-order valence-corrected chi connectivity index (χ3v) is 11.7. The molecule has 1 aliphatic heterocycles. The molecule has 5 aromatic rings. The average molecular weight is 896 g/mol. The van der Waals surface area contributed by atoms with E-state index in [0.29, 0.717) is 45.2 Å². The number of benzene rings is 4. The minimum absolute atomic E-state index is 0.0295. The molecule has 1 aliphatic rings. The summed E-state index contributed by atoms with van der Waals surface area (Å²) in [5.74, 6) is -1.92. The molecule has 14 heteroatoms. The highest BCUT2D eigenvalue weighted by Crippen LogP contribution is 2.41. The number of thioether (sulfide) groups is 1. The molecule has 0 radical (unpaired) electrons. The quantitative estimate of drug-likeness (QED) is 0.0639. The lowest BCUT2D eigenvalue weighted by molar-refractivity contribution is -0.116. The van der Waals surface area contributed by atoms with Gasteiger partial charge in [-0.1, -0.05) is 82.7 Å². The van der Waals surface area contributed by atoms with E-state index in [1.807, 2.05) is 60.7 Å². The minimum Gasteiger partial charge on any atom is -0.462 e. The van der Waals surface area contributed by atoms with Crippen molar-refractivity contribution < 1.29 is 33.4 Å². The number of thiophene rings is 1. The molecule has 2 heterocycles. The highest BCUT2D eigenvalue weighted by molar-refractivity contribution is 9.10. The first-order valence-electron chi connectivity index (χ1n) is 18.8. The third-order valence-electron chi connectivity index (χ3n) is 8.80. The molecule has 4 amide bonds. The molecule has 0 saturated heterocycles. The summed E-state index contributed by atoms with van der Waals surface area (Å²) in [6, 6.07) is 32.3. The van der Waals surface area contributed by atoms with Crippen molar-refractivity contribution in [2.45, 2.75) is 56.4 Å². The van der Waals surface area contributed by atoms with E-state index >= 15 is 0 Å². The van der Waals surface area contributed by atoms with Gasteiger partial charge in [0.25, 0.3) is 11.8 Å². The van der Waals surface area contributed by atoms with Crippen molar-refractivity contribution in [2.75, 3.05) is 23.8 Å². The summed E-state index contributed by atoms with van der Waals surface area (Å²) in [4.78, 5) is 70.8. The normalized spacial score (nSPS) is 13.1. The molecule has 6 rings (SSSR count). The molecule has 11 nitrogen and oxygen atoms in total. The zero-order valence-electron chi connectivity index (χ0n) is 32.9. The molecule has 0 saturated carbocycles. The van der Waals surface area contributed by atoms with Crippen LogP contribution in [0.5, 0.6) is 0 Å². The van der Waals surface area contributed by atoms with Crippen molar-refractivity contribution in [3.63, 3.8) is 0 Å². The first-order valence-corrected chi connectivity index (χ1v) is 21.3. The predicted molar refractivity (Wildman–Crippen MR) is 235 cm³/mol. The van der Waals surface area contributed by atoms with Gasteiger partial charge < -0.3 is 30.3 Å². The SMILES string of the molecule is CCOC(=O)c1c(NC(=O)C(Sc2cccc(NC(=O)/C(=C\c3cccc(Br)c3)NC(=O)c3ccccc3)c2)c2ccccc2)sc2c1CCN(C(=O)OC(C)(C)C)C2. The van der Waals surface area contributed by atoms with Crippen LogP contribution in [0.4, 0.5) is 15.5 Å². The summed E-state index contributed by atoms with van der Waals surface area (Å²) >= 11 is 5.97. The van der Waals surface area contributed by atoms with Gasteiger partial charge in [-0.3, -0.25) is 14.4 Å². The summed E-state index contributed by atoms with van der Waals surface area (Å²) in [6.45, 7) is 7.85. The summed E-state index contributed by atoms with van der Waals surface area (Å²) in [7, 11) is 0. The number of fused-ring (bicyclic) bond motifs is 1. The Hall–Kier alpha value is -5.70. The van der Waals surface area contributed by atoms with E-state index in [-0.39, 0.29) is 30.3 Å². The van der Waals surface area contributed by atoms with Crippen LogP contribution in [0, 0.1) is 0 Å². The minimum atomic E-state index is -0.785. The van der Waals surface area contributed by atoms with Crippen molar-refractivity contribution >= 4 is 85.6 Å². The Bertz CT molecular complexity index is 2380. The number of anilines is 2. The molecule has 1 unspecified atom stereocenters. The Labute approximate surface area is 359 Å². The standard InChI is InChI=1S/C45H43BrN4O7S2/c1-5-56-43(54)37-34-22-23-50(44(55)57-45(2,3)4)27-36(34)59-42(37)49-41(53)38(29-15-8-6-9-16-29)58-33-21-13-20-32(26-33)47-40(52)35(25-28-14-12-19-31(46)24-28)48-39(51)30-17-10-7-11-18-30/h6-21,24-26,38H,5,22-23,27H2,1-4H3,(H,47,52)(H,48,51)(H,49,53)/b35-25+. The number of nitrogens with zero attached hydrogens (tertiary/aromatic N) is 1. The molecule has 3 N–H and O–H groups in total. The first kappa shape index (κ1) is 42.9. The number of rotatable bonds is 12. The number of halogens is 1. The summed E-state index contributed by atoms with van der Waals surface area (Å²) < 4.78 is 11.9. The number of ether oxygens (including phenoxy) is 2. The summed E-state index contributed by atoms with van der Waals surface area (Å²) in [6.07, 6.45) is 1.53. The molecular formula is C45H43BrN4O7S2. The van der Waals surface area contributed by atoms with Crippen LogP contribution in [-0.2, 0) is 32.0 Å². The van der Waals surface area contributed by atoms with Gasteiger partial charge in [-0.2, -0.15) is 0 Å².